The van der Waals surface area contributed by atoms with Crippen LogP contribution in [0, 0.1) is 0 Å². The molecule has 1 aromatic heterocycles. The Morgan fingerprint density at radius 1 is 1.57 bits per heavy atom. The smallest absolute Gasteiger partial charge is 0.203 e. The summed E-state index contributed by atoms with van der Waals surface area (Å²) >= 11 is 7.30. The lowest BCUT2D eigenvalue weighted by molar-refractivity contribution is 0.790. The summed E-state index contributed by atoms with van der Waals surface area (Å²) in [7, 11) is 0. The Bertz CT molecular complexity index is 320. The summed E-state index contributed by atoms with van der Waals surface area (Å²) in [6.45, 7) is 4.19. The Hall–Kier alpha value is -0.350. The van der Waals surface area contributed by atoms with Crippen molar-refractivity contribution in [1.29, 1.82) is 0 Å². The van der Waals surface area contributed by atoms with E-state index >= 15 is 0 Å². The topological polar surface area (TPSA) is 37.8 Å². The molecule has 1 N–H and O–H groups in total. The van der Waals surface area contributed by atoms with Gasteiger partial charge in [-0.1, -0.05) is 13.8 Å². The fraction of sp³-hybridized carbons (Fsp3) is 0.778. The first-order valence-corrected chi connectivity index (χ1v) is 6.14. The Kier molecular flexibility index (Phi) is 2.66. The lowest BCUT2D eigenvalue weighted by Gasteiger charge is -2.11. The van der Waals surface area contributed by atoms with Crippen LogP contribution < -0.4 is 5.32 Å². The van der Waals surface area contributed by atoms with E-state index in [4.69, 9.17) is 11.6 Å². The van der Waals surface area contributed by atoms with E-state index in [9.17, 15) is 0 Å². The monoisotopic (exact) mass is 231 g/mol. The van der Waals surface area contributed by atoms with Crippen molar-refractivity contribution in [2.45, 2.75) is 38.1 Å². The highest BCUT2D eigenvalue weighted by molar-refractivity contribution is 7.09. The van der Waals surface area contributed by atoms with Gasteiger partial charge in [0.05, 0.1) is 5.54 Å². The maximum absolute atomic E-state index is 5.87. The first-order chi connectivity index (χ1) is 6.65. The largest absolute Gasteiger partial charge is 0.354 e. The first kappa shape index (κ1) is 10.2. The summed E-state index contributed by atoms with van der Waals surface area (Å²) in [6.07, 6.45) is 2.29. The highest BCUT2D eigenvalue weighted by atomic mass is 35.5. The minimum absolute atomic E-state index is 0.120. The summed E-state index contributed by atoms with van der Waals surface area (Å²) in [5.74, 6) is 1.97. The highest BCUT2D eigenvalue weighted by Gasteiger charge is 2.42. The molecule has 1 saturated carbocycles. The van der Waals surface area contributed by atoms with Gasteiger partial charge in [0.15, 0.2) is 0 Å². The third kappa shape index (κ3) is 2.01. The summed E-state index contributed by atoms with van der Waals surface area (Å²) in [4.78, 5) is 4.42. The van der Waals surface area contributed by atoms with Gasteiger partial charge in [-0.2, -0.15) is 4.37 Å². The lowest BCUT2D eigenvalue weighted by atomic mass is 10.2. The van der Waals surface area contributed by atoms with Crippen molar-refractivity contribution in [3.05, 3.63) is 5.82 Å². The zero-order valence-electron chi connectivity index (χ0n) is 8.38. The number of nitrogens with zero attached hydrogens (tertiary/aromatic N) is 2. The van der Waals surface area contributed by atoms with Crippen LogP contribution in [0.4, 0.5) is 5.13 Å². The van der Waals surface area contributed by atoms with Crippen LogP contribution in [-0.2, 0) is 0 Å². The van der Waals surface area contributed by atoms with Crippen molar-refractivity contribution >= 4 is 28.3 Å². The molecular formula is C9H14ClN3S. The molecule has 3 nitrogen and oxygen atoms in total. The van der Waals surface area contributed by atoms with Gasteiger partial charge in [-0.25, -0.2) is 4.98 Å². The third-order valence-electron chi connectivity index (χ3n) is 2.44. The normalized spacial score (nSPS) is 18.6. The molecule has 1 aliphatic rings. The lowest BCUT2D eigenvalue weighted by Crippen LogP contribution is -2.22. The van der Waals surface area contributed by atoms with E-state index in [1.807, 2.05) is 0 Å². The van der Waals surface area contributed by atoms with Crippen molar-refractivity contribution in [1.82, 2.24) is 9.36 Å². The second-order valence-electron chi connectivity index (χ2n) is 4.15. The highest BCUT2D eigenvalue weighted by Crippen LogP contribution is 2.40. The molecule has 2 rings (SSSR count). The van der Waals surface area contributed by atoms with Gasteiger partial charge in [-0.3, -0.25) is 0 Å². The Morgan fingerprint density at radius 2 is 2.29 bits per heavy atom. The van der Waals surface area contributed by atoms with E-state index in [-0.39, 0.29) is 5.54 Å². The van der Waals surface area contributed by atoms with E-state index in [0.717, 1.165) is 23.8 Å². The van der Waals surface area contributed by atoms with Crippen LogP contribution in [0.5, 0.6) is 0 Å². The van der Waals surface area contributed by atoms with Crippen LogP contribution in [-0.4, -0.2) is 20.8 Å². The van der Waals surface area contributed by atoms with Crippen LogP contribution in [0.2, 0.25) is 0 Å². The number of hydrogen-bond acceptors (Lipinski definition) is 4. The standard InChI is InChI=1S/C9H14ClN3S/c1-6(2)7-11-8(14-13-7)12-9(5-10)3-4-9/h6H,3-5H2,1-2H3,(H,11,12,13). The predicted molar refractivity (Wildman–Crippen MR) is 60.3 cm³/mol. The quantitative estimate of drug-likeness (QED) is 0.810. The van der Waals surface area contributed by atoms with Gasteiger partial charge >= 0.3 is 0 Å². The van der Waals surface area contributed by atoms with Gasteiger partial charge in [0.2, 0.25) is 5.13 Å². The number of alkyl halides is 1. The number of aromatic nitrogens is 2. The second-order valence-corrected chi connectivity index (χ2v) is 5.17. The van der Waals surface area contributed by atoms with Crippen molar-refractivity contribution in [3.8, 4) is 0 Å². The average molecular weight is 232 g/mol. The van der Waals surface area contributed by atoms with Crippen LogP contribution >= 0.6 is 23.1 Å². The van der Waals surface area contributed by atoms with Crippen LogP contribution in [0.1, 0.15) is 38.4 Å². The minimum Gasteiger partial charge on any atom is -0.354 e. The molecule has 78 valence electrons. The van der Waals surface area contributed by atoms with E-state index in [0.29, 0.717) is 11.8 Å². The molecule has 1 heterocycles. The molecule has 14 heavy (non-hydrogen) atoms. The Morgan fingerprint density at radius 3 is 2.71 bits per heavy atom. The molecule has 0 atom stereocenters. The molecular weight excluding hydrogens is 218 g/mol. The first-order valence-electron chi connectivity index (χ1n) is 4.83. The van der Waals surface area contributed by atoms with Gasteiger partial charge in [0.1, 0.15) is 5.82 Å². The molecule has 0 saturated heterocycles. The molecule has 0 aliphatic heterocycles. The van der Waals surface area contributed by atoms with E-state index in [1.165, 1.54) is 11.5 Å². The second kappa shape index (κ2) is 3.66. The summed E-state index contributed by atoms with van der Waals surface area (Å²) in [6, 6.07) is 0. The molecule has 1 fully saturated rings. The maximum atomic E-state index is 5.87. The van der Waals surface area contributed by atoms with E-state index in [1.54, 1.807) is 0 Å². The third-order valence-corrected chi connectivity index (χ3v) is 3.60. The molecule has 0 unspecified atom stereocenters. The maximum Gasteiger partial charge on any atom is 0.203 e. The van der Waals surface area contributed by atoms with E-state index < -0.39 is 0 Å². The summed E-state index contributed by atoms with van der Waals surface area (Å²) < 4.78 is 4.29. The van der Waals surface area contributed by atoms with Crippen molar-refractivity contribution in [3.63, 3.8) is 0 Å². The van der Waals surface area contributed by atoms with Gasteiger partial charge < -0.3 is 5.32 Å². The van der Waals surface area contributed by atoms with Crippen molar-refractivity contribution < 1.29 is 0 Å². The number of nitrogens with one attached hydrogen (secondary N) is 1. The number of halogens is 1. The number of rotatable bonds is 4. The molecule has 0 amide bonds. The number of hydrogen-bond donors (Lipinski definition) is 1. The fourth-order valence-electron chi connectivity index (χ4n) is 1.19. The van der Waals surface area contributed by atoms with Gasteiger partial charge in [-0.15, -0.1) is 11.6 Å². The Balaban J connectivity index is 2.03. The van der Waals surface area contributed by atoms with Crippen LogP contribution in [0.3, 0.4) is 0 Å². The molecule has 0 spiro atoms. The SMILES string of the molecule is CC(C)c1nsc(NC2(CCl)CC2)n1. The molecule has 1 aromatic rings. The molecule has 0 radical (unpaired) electrons. The molecule has 0 aromatic carbocycles. The summed E-state index contributed by atoms with van der Waals surface area (Å²) in [5.41, 5.74) is 0.120. The molecule has 5 heteroatoms. The zero-order chi connectivity index (χ0) is 10.2. The predicted octanol–water partition coefficient (Wildman–Crippen LogP) is 2.84. The molecule has 1 aliphatic carbocycles. The van der Waals surface area contributed by atoms with Crippen LogP contribution in [0.15, 0.2) is 0 Å². The van der Waals surface area contributed by atoms with E-state index in [2.05, 4.69) is 28.5 Å². The summed E-state index contributed by atoms with van der Waals surface area (Å²) in [5, 5.41) is 4.28. The zero-order valence-corrected chi connectivity index (χ0v) is 9.95. The minimum atomic E-state index is 0.120. The van der Waals surface area contributed by atoms with Crippen LogP contribution in [0.25, 0.3) is 0 Å². The fourth-order valence-corrected chi connectivity index (χ4v) is 2.35. The Labute approximate surface area is 93.1 Å². The van der Waals surface area contributed by atoms with Gasteiger partial charge in [-0.05, 0) is 12.8 Å². The van der Waals surface area contributed by atoms with Crippen molar-refractivity contribution in [2.24, 2.45) is 0 Å². The average Bonchev–Trinajstić information content (AvgIpc) is 2.75. The van der Waals surface area contributed by atoms with Gasteiger partial charge in [0, 0.05) is 23.3 Å². The van der Waals surface area contributed by atoms with Crippen molar-refractivity contribution in [2.75, 3.05) is 11.2 Å². The molecule has 0 bridgehead atoms. The number of anilines is 1. The van der Waals surface area contributed by atoms with Gasteiger partial charge in [0.25, 0.3) is 0 Å².